The Morgan fingerprint density at radius 1 is 1.37 bits per heavy atom. The Kier molecular flexibility index (Phi) is 4.12. The van der Waals surface area contributed by atoms with Gasteiger partial charge >= 0.3 is 5.97 Å². The van der Waals surface area contributed by atoms with Crippen molar-refractivity contribution in [2.24, 2.45) is 0 Å². The van der Waals surface area contributed by atoms with Crippen LogP contribution in [0, 0.1) is 0 Å². The van der Waals surface area contributed by atoms with Gasteiger partial charge in [-0.1, -0.05) is 6.08 Å². The fourth-order valence-corrected chi connectivity index (χ4v) is 2.70. The van der Waals surface area contributed by atoms with E-state index in [-0.39, 0.29) is 5.97 Å². The van der Waals surface area contributed by atoms with E-state index in [1.807, 2.05) is 43.6 Å². The molecule has 0 N–H and O–H groups in total. The first-order valence-corrected chi connectivity index (χ1v) is 6.80. The second kappa shape index (κ2) is 5.80. The number of allylic oxidation sites excluding steroid dienone is 2. The lowest BCUT2D eigenvalue weighted by atomic mass is 9.97. The first-order chi connectivity index (χ1) is 9.19. The molecular formula is C15H15NO2S. The molecule has 0 aromatic carbocycles. The predicted octanol–water partition coefficient (Wildman–Crippen LogP) is 4.02. The summed E-state index contributed by atoms with van der Waals surface area (Å²) in [6, 6.07) is 3.87. The molecule has 0 unspecified atom stereocenters. The molecule has 2 aromatic rings. The Balaban J connectivity index is 2.60. The van der Waals surface area contributed by atoms with Crippen LogP contribution in [0.25, 0.3) is 16.7 Å². The largest absolute Gasteiger partial charge is 0.465 e. The molecule has 0 radical (unpaired) electrons. The molecular weight excluding hydrogens is 258 g/mol. The highest BCUT2D eigenvalue weighted by Gasteiger charge is 2.17. The van der Waals surface area contributed by atoms with E-state index in [1.54, 1.807) is 6.20 Å². The van der Waals surface area contributed by atoms with Gasteiger partial charge in [0.15, 0.2) is 0 Å². The number of carbonyl (C=O) groups is 1. The van der Waals surface area contributed by atoms with Crippen molar-refractivity contribution in [1.82, 2.24) is 4.98 Å². The van der Waals surface area contributed by atoms with Crippen LogP contribution >= 0.6 is 11.3 Å². The van der Waals surface area contributed by atoms with Crippen molar-refractivity contribution in [1.29, 1.82) is 0 Å². The highest BCUT2D eigenvalue weighted by Crippen LogP contribution is 2.33. The van der Waals surface area contributed by atoms with Crippen LogP contribution in [0.4, 0.5) is 0 Å². The van der Waals surface area contributed by atoms with Gasteiger partial charge in [-0.2, -0.15) is 0 Å². The molecule has 0 aliphatic carbocycles. The summed E-state index contributed by atoms with van der Waals surface area (Å²) >= 11 is 1.39. The van der Waals surface area contributed by atoms with E-state index >= 15 is 0 Å². The van der Waals surface area contributed by atoms with Gasteiger partial charge in [-0.15, -0.1) is 11.3 Å². The van der Waals surface area contributed by atoms with E-state index in [1.165, 1.54) is 18.4 Å². The molecule has 0 amide bonds. The highest BCUT2D eigenvalue weighted by molar-refractivity contribution is 7.12. The number of ether oxygens (including phenoxy) is 1. The molecule has 0 saturated heterocycles. The molecule has 98 valence electrons. The van der Waals surface area contributed by atoms with E-state index in [4.69, 9.17) is 4.74 Å². The van der Waals surface area contributed by atoms with E-state index in [0.717, 1.165) is 22.3 Å². The molecule has 2 heterocycles. The monoisotopic (exact) mass is 273 g/mol. The van der Waals surface area contributed by atoms with Crippen molar-refractivity contribution in [3.63, 3.8) is 0 Å². The number of hydrogen-bond donors (Lipinski definition) is 0. The second-order valence-corrected chi connectivity index (χ2v) is 4.96. The van der Waals surface area contributed by atoms with Crippen molar-refractivity contribution in [3.05, 3.63) is 46.4 Å². The van der Waals surface area contributed by atoms with E-state index < -0.39 is 0 Å². The number of carbonyl (C=O) groups excluding carboxylic acids is 1. The molecule has 0 aliphatic heterocycles. The smallest absolute Gasteiger partial charge is 0.348 e. The summed E-state index contributed by atoms with van der Waals surface area (Å²) in [5, 5.41) is 1.90. The van der Waals surface area contributed by atoms with Crippen LogP contribution in [0.1, 0.15) is 29.1 Å². The number of thiophene rings is 1. The average molecular weight is 273 g/mol. The van der Waals surface area contributed by atoms with Crippen molar-refractivity contribution in [2.45, 2.75) is 13.8 Å². The molecule has 19 heavy (non-hydrogen) atoms. The molecule has 0 aliphatic rings. The quantitative estimate of drug-likeness (QED) is 0.793. The summed E-state index contributed by atoms with van der Waals surface area (Å²) < 4.78 is 4.82. The molecule has 0 bridgehead atoms. The molecule has 3 nitrogen and oxygen atoms in total. The van der Waals surface area contributed by atoms with E-state index in [0.29, 0.717) is 4.88 Å². The summed E-state index contributed by atoms with van der Waals surface area (Å²) in [6.07, 6.45) is 5.59. The van der Waals surface area contributed by atoms with Crippen LogP contribution in [0.3, 0.4) is 0 Å². The number of aromatic nitrogens is 1. The maximum absolute atomic E-state index is 11.8. The Hall–Kier alpha value is -1.94. The lowest BCUT2D eigenvalue weighted by Crippen LogP contribution is -2.00. The van der Waals surface area contributed by atoms with Crippen LogP contribution in [-0.2, 0) is 4.74 Å². The second-order valence-electron chi connectivity index (χ2n) is 4.05. The first-order valence-electron chi connectivity index (χ1n) is 5.92. The molecule has 2 rings (SSSR count). The standard InChI is InChI=1S/C15H15NO2S/c1-4-10(2)13-9-16-7-5-11(13)12-6-8-19-14(12)15(17)18-3/h4-9H,1-3H3/b10-4+. The Morgan fingerprint density at radius 3 is 2.84 bits per heavy atom. The summed E-state index contributed by atoms with van der Waals surface area (Å²) in [7, 11) is 1.40. The highest BCUT2D eigenvalue weighted by atomic mass is 32.1. The molecule has 0 spiro atoms. The van der Waals surface area contributed by atoms with Gasteiger partial charge in [-0.25, -0.2) is 4.79 Å². The van der Waals surface area contributed by atoms with Crippen molar-refractivity contribution in [2.75, 3.05) is 7.11 Å². The lowest BCUT2D eigenvalue weighted by Gasteiger charge is -2.09. The van der Waals surface area contributed by atoms with Crippen molar-refractivity contribution >= 4 is 22.9 Å². The first kappa shape index (κ1) is 13.5. The molecule has 0 fully saturated rings. The topological polar surface area (TPSA) is 39.2 Å². The zero-order valence-corrected chi connectivity index (χ0v) is 12.0. The summed E-state index contributed by atoms with van der Waals surface area (Å²) in [5.41, 5.74) is 4.07. The maximum atomic E-state index is 11.8. The van der Waals surface area contributed by atoms with E-state index in [9.17, 15) is 4.79 Å². The minimum atomic E-state index is -0.300. The number of pyridine rings is 1. The summed E-state index contributed by atoms with van der Waals surface area (Å²) in [6.45, 7) is 4.02. The normalized spacial score (nSPS) is 11.4. The molecule has 0 atom stereocenters. The van der Waals surface area contributed by atoms with E-state index in [2.05, 4.69) is 4.98 Å². The minimum absolute atomic E-state index is 0.300. The molecule has 2 aromatic heterocycles. The van der Waals surface area contributed by atoms with Crippen LogP contribution in [0.2, 0.25) is 0 Å². The Bertz CT molecular complexity index is 629. The fourth-order valence-electron chi connectivity index (χ4n) is 1.87. The van der Waals surface area contributed by atoms with Gasteiger partial charge in [0.05, 0.1) is 7.11 Å². The van der Waals surface area contributed by atoms with Crippen molar-refractivity contribution in [3.8, 4) is 11.1 Å². The van der Waals surface area contributed by atoms with Gasteiger partial charge in [0, 0.05) is 23.5 Å². The summed E-state index contributed by atoms with van der Waals surface area (Å²) in [4.78, 5) is 16.6. The van der Waals surface area contributed by atoms with Gasteiger partial charge < -0.3 is 4.74 Å². The zero-order chi connectivity index (χ0) is 13.8. The number of methoxy groups -OCH3 is 1. The molecule has 4 heteroatoms. The van der Waals surface area contributed by atoms with Crippen LogP contribution in [-0.4, -0.2) is 18.1 Å². The molecule has 0 saturated carbocycles. The van der Waals surface area contributed by atoms with Gasteiger partial charge in [0.25, 0.3) is 0 Å². The Labute approximate surface area is 116 Å². The number of nitrogens with zero attached hydrogens (tertiary/aromatic N) is 1. The number of hydrogen-bond acceptors (Lipinski definition) is 4. The third-order valence-electron chi connectivity index (χ3n) is 3.01. The average Bonchev–Trinajstić information content (AvgIpc) is 2.94. The van der Waals surface area contributed by atoms with Crippen molar-refractivity contribution < 1.29 is 9.53 Å². The van der Waals surface area contributed by atoms with Gasteiger partial charge in [0.2, 0.25) is 0 Å². The predicted molar refractivity (Wildman–Crippen MR) is 78.2 cm³/mol. The zero-order valence-electron chi connectivity index (χ0n) is 11.1. The van der Waals surface area contributed by atoms with Gasteiger partial charge in [0.1, 0.15) is 4.88 Å². The third-order valence-corrected chi connectivity index (χ3v) is 3.90. The minimum Gasteiger partial charge on any atom is -0.465 e. The maximum Gasteiger partial charge on any atom is 0.348 e. The Morgan fingerprint density at radius 2 is 2.16 bits per heavy atom. The van der Waals surface area contributed by atoms with Crippen LogP contribution in [0.5, 0.6) is 0 Å². The van der Waals surface area contributed by atoms with Crippen LogP contribution in [0.15, 0.2) is 36.0 Å². The lowest BCUT2D eigenvalue weighted by molar-refractivity contribution is 0.0607. The number of rotatable bonds is 3. The third kappa shape index (κ3) is 2.58. The number of esters is 1. The fraction of sp³-hybridized carbons (Fsp3) is 0.200. The van der Waals surface area contributed by atoms with Gasteiger partial charge in [-0.05, 0) is 42.5 Å². The summed E-state index contributed by atoms with van der Waals surface area (Å²) in [5.74, 6) is -0.300. The SMILES string of the molecule is C/C=C(\C)c1cnccc1-c1ccsc1C(=O)OC. The van der Waals surface area contributed by atoms with Gasteiger partial charge in [-0.3, -0.25) is 4.98 Å². The van der Waals surface area contributed by atoms with Crippen LogP contribution < -0.4 is 0 Å².